The molecule has 0 bridgehead atoms. The molecular weight excluding hydrogens is 174 g/mol. The van der Waals surface area contributed by atoms with Gasteiger partial charge in [0.1, 0.15) is 0 Å². The highest BCUT2D eigenvalue weighted by Gasteiger charge is 2.15. The molecule has 0 aliphatic rings. The zero-order chi connectivity index (χ0) is 10.3. The number of amides is 1. The number of methoxy groups -OCH3 is 1. The van der Waals surface area contributed by atoms with Gasteiger partial charge in [0.25, 0.3) is 0 Å². The Balaban J connectivity index is 3.63. The first kappa shape index (κ1) is 11.9. The number of rotatable bonds is 6. The molecule has 1 atom stereocenters. The molecule has 0 aromatic heterocycles. The third-order valence-electron chi connectivity index (χ3n) is 1.53. The molecule has 0 saturated carbocycles. The van der Waals surface area contributed by atoms with Gasteiger partial charge in [-0.15, -0.1) is 0 Å². The number of nitrogens with one attached hydrogen (secondary N) is 1. The minimum Gasteiger partial charge on any atom is -0.481 e. The number of carboxylic acids is 1. The Kier molecular flexibility index (Phi) is 5.88. The van der Waals surface area contributed by atoms with E-state index in [4.69, 9.17) is 9.84 Å². The second-order valence-electron chi connectivity index (χ2n) is 2.78. The summed E-state index contributed by atoms with van der Waals surface area (Å²) in [5.41, 5.74) is 0. The smallest absolute Gasteiger partial charge is 0.304 e. The highest BCUT2D eigenvalue weighted by Crippen LogP contribution is 2.00. The first-order valence-electron chi connectivity index (χ1n) is 4.06. The van der Waals surface area contributed by atoms with Gasteiger partial charge in [0.05, 0.1) is 13.0 Å². The Labute approximate surface area is 77.1 Å². The van der Waals surface area contributed by atoms with Crippen molar-refractivity contribution in [3.8, 4) is 0 Å². The summed E-state index contributed by atoms with van der Waals surface area (Å²) in [6.45, 7) is 2.43. The van der Waals surface area contributed by atoms with E-state index < -0.39 is 11.9 Å². The van der Waals surface area contributed by atoms with Crippen molar-refractivity contribution in [3.63, 3.8) is 0 Å². The van der Waals surface area contributed by atoms with Gasteiger partial charge in [-0.2, -0.15) is 0 Å². The second kappa shape index (κ2) is 6.42. The lowest BCUT2D eigenvalue weighted by atomic mass is 10.1. The molecular formula is C8H15NO4. The van der Waals surface area contributed by atoms with Gasteiger partial charge in [-0.25, -0.2) is 0 Å². The van der Waals surface area contributed by atoms with E-state index in [2.05, 4.69) is 5.32 Å². The standard InChI is InChI=1S/C8H15NO4/c1-6(5-7(10)11)8(12)9-3-4-13-2/h6H,3-5H2,1-2H3,(H,9,12)(H,10,11). The van der Waals surface area contributed by atoms with Crippen molar-refractivity contribution in [1.82, 2.24) is 5.32 Å². The van der Waals surface area contributed by atoms with Gasteiger partial charge in [-0.1, -0.05) is 6.92 Å². The summed E-state index contributed by atoms with van der Waals surface area (Å²) in [6, 6.07) is 0. The van der Waals surface area contributed by atoms with Gasteiger partial charge >= 0.3 is 5.97 Å². The van der Waals surface area contributed by atoms with E-state index in [1.54, 1.807) is 6.92 Å². The SMILES string of the molecule is COCCNC(=O)C(C)CC(=O)O. The maximum Gasteiger partial charge on any atom is 0.304 e. The van der Waals surface area contributed by atoms with E-state index in [9.17, 15) is 9.59 Å². The predicted molar refractivity (Wildman–Crippen MR) is 46.3 cm³/mol. The Morgan fingerprint density at radius 2 is 2.15 bits per heavy atom. The number of carbonyl (C=O) groups is 2. The number of ether oxygens (including phenoxy) is 1. The predicted octanol–water partition coefficient (Wildman–Crippen LogP) is -0.140. The number of hydrogen-bond acceptors (Lipinski definition) is 3. The van der Waals surface area contributed by atoms with Gasteiger partial charge in [0.2, 0.25) is 5.91 Å². The summed E-state index contributed by atoms with van der Waals surface area (Å²) in [6.07, 6.45) is -0.140. The summed E-state index contributed by atoms with van der Waals surface area (Å²) in [7, 11) is 1.53. The molecule has 0 radical (unpaired) electrons. The van der Waals surface area contributed by atoms with Crippen LogP contribution >= 0.6 is 0 Å². The Bertz CT molecular complexity index is 181. The van der Waals surface area contributed by atoms with Gasteiger partial charge in [-0.3, -0.25) is 9.59 Å². The topological polar surface area (TPSA) is 75.6 Å². The van der Waals surface area contributed by atoms with Gasteiger partial charge in [0, 0.05) is 19.6 Å². The van der Waals surface area contributed by atoms with E-state index in [0.717, 1.165) is 0 Å². The zero-order valence-electron chi connectivity index (χ0n) is 7.87. The van der Waals surface area contributed by atoms with E-state index in [-0.39, 0.29) is 12.3 Å². The largest absolute Gasteiger partial charge is 0.481 e. The molecule has 0 heterocycles. The van der Waals surface area contributed by atoms with Crippen molar-refractivity contribution in [3.05, 3.63) is 0 Å². The van der Waals surface area contributed by atoms with Crippen LogP contribution in [0.3, 0.4) is 0 Å². The molecule has 0 aromatic carbocycles. The maximum atomic E-state index is 11.1. The summed E-state index contributed by atoms with van der Waals surface area (Å²) in [5, 5.41) is 11.0. The molecule has 1 unspecified atom stereocenters. The third-order valence-corrected chi connectivity index (χ3v) is 1.53. The zero-order valence-corrected chi connectivity index (χ0v) is 7.87. The lowest BCUT2D eigenvalue weighted by Gasteiger charge is -2.08. The molecule has 0 fully saturated rings. The first-order valence-corrected chi connectivity index (χ1v) is 4.06. The minimum atomic E-state index is -0.964. The molecule has 76 valence electrons. The average molecular weight is 189 g/mol. The molecule has 5 heteroatoms. The second-order valence-corrected chi connectivity index (χ2v) is 2.78. The molecule has 2 N–H and O–H groups in total. The maximum absolute atomic E-state index is 11.1. The quantitative estimate of drug-likeness (QED) is 0.570. The molecule has 13 heavy (non-hydrogen) atoms. The summed E-state index contributed by atoms with van der Waals surface area (Å²) >= 11 is 0. The Morgan fingerprint density at radius 1 is 1.54 bits per heavy atom. The highest BCUT2D eigenvalue weighted by atomic mass is 16.5. The Hall–Kier alpha value is -1.10. The Morgan fingerprint density at radius 3 is 2.62 bits per heavy atom. The van der Waals surface area contributed by atoms with Crippen LogP contribution in [0.15, 0.2) is 0 Å². The number of aliphatic carboxylic acids is 1. The lowest BCUT2D eigenvalue weighted by molar-refractivity contribution is -0.140. The van der Waals surface area contributed by atoms with Crippen LogP contribution in [0.5, 0.6) is 0 Å². The van der Waals surface area contributed by atoms with E-state index in [1.165, 1.54) is 7.11 Å². The van der Waals surface area contributed by atoms with Crippen LogP contribution in [-0.2, 0) is 14.3 Å². The number of carboxylic acid groups (broad SMARTS) is 1. The number of hydrogen-bond donors (Lipinski definition) is 2. The normalized spacial score (nSPS) is 12.2. The van der Waals surface area contributed by atoms with Crippen molar-refractivity contribution in [2.45, 2.75) is 13.3 Å². The first-order chi connectivity index (χ1) is 6.07. The van der Waals surface area contributed by atoms with Crippen LogP contribution < -0.4 is 5.32 Å². The van der Waals surface area contributed by atoms with Crippen LogP contribution in [0.2, 0.25) is 0 Å². The van der Waals surface area contributed by atoms with Crippen molar-refractivity contribution in [2.75, 3.05) is 20.3 Å². The third kappa shape index (κ3) is 6.10. The molecule has 1 amide bonds. The monoisotopic (exact) mass is 189 g/mol. The van der Waals surface area contributed by atoms with E-state index >= 15 is 0 Å². The molecule has 5 nitrogen and oxygen atoms in total. The molecule has 0 aliphatic heterocycles. The summed E-state index contributed by atoms with van der Waals surface area (Å²) in [5.74, 6) is -1.71. The highest BCUT2D eigenvalue weighted by molar-refractivity contribution is 5.82. The van der Waals surface area contributed by atoms with Crippen LogP contribution in [0.25, 0.3) is 0 Å². The molecule has 0 aliphatic carbocycles. The van der Waals surface area contributed by atoms with Crippen molar-refractivity contribution < 1.29 is 19.4 Å². The van der Waals surface area contributed by atoms with Crippen LogP contribution in [-0.4, -0.2) is 37.2 Å². The summed E-state index contributed by atoms with van der Waals surface area (Å²) < 4.78 is 4.72. The van der Waals surface area contributed by atoms with Crippen LogP contribution in [0, 0.1) is 5.92 Å². The average Bonchev–Trinajstić information content (AvgIpc) is 2.03. The molecule has 0 saturated heterocycles. The summed E-state index contributed by atoms with van der Waals surface area (Å²) in [4.78, 5) is 21.4. The lowest BCUT2D eigenvalue weighted by Crippen LogP contribution is -2.32. The number of carbonyl (C=O) groups excluding carboxylic acids is 1. The van der Waals surface area contributed by atoms with E-state index in [0.29, 0.717) is 13.2 Å². The fourth-order valence-corrected chi connectivity index (χ4v) is 0.805. The molecule has 0 spiro atoms. The minimum absolute atomic E-state index is 0.140. The van der Waals surface area contributed by atoms with Crippen molar-refractivity contribution in [1.29, 1.82) is 0 Å². The van der Waals surface area contributed by atoms with Gasteiger partial charge < -0.3 is 15.2 Å². The fourth-order valence-electron chi connectivity index (χ4n) is 0.805. The molecule has 0 aromatic rings. The van der Waals surface area contributed by atoms with Crippen molar-refractivity contribution >= 4 is 11.9 Å². The van der Waals surface area contributed by atoms with E-state index in [1.807, 2.05) is 0 Å². The van der Waals surface area contributed by atoms with Crippen LogP contribution in [0.4, 0.5) is 0 Å². The van der Waals surface area contributed by atoms with Gasteiger partial charge in [-0.05, 0) is 0 Å². The molecule has 0 rings (SSSR count). The fraction of sp³-hybridized carbons (Fsp3) is 0.750. The van der Waals surface area contributed by atoms with Crippen LogP contribution in [0.1, 0.15) is 13.3 Å². The van der Waals surface area contributed by atoms with Crippen molar-refractivity contribution in [2.24, 2.45) is 5.92 Å². The van der Waals surface area contributed by atoms with Gasteiger partial charge in [0.15, 0.2) is 0 Å².